The van der Waals surface area contributed by atoms with Crippen molar-refractivity contribution in [1.29, 1.82) is 0 Å². The highest BCUT2D eigenvalue weighted by atomic mass is 16.7. The van der Waals surface area contributed by atoms with Crippen LogP contribution in [0.2, 0.25) is 0 Å². The Morgan fingerprint density at radius 3 is 2.70 bits per heavy atom. The Morgan fingerprint density at radius 1 is 1.80 bits per heavy atom. The highest BCUT2D eigenvalue weighted by Gasteiger charge is 2.08. The van der Waals surface area contributed by atoms with Crippen molar-refractivity contribution in [3.8, 4) is 0 Å². The number of rotatable bonds is 5. The van der Waals surface area contributed by atoms with Crippen molar-refractivity contribution in [3.63, 3.8) is 0 Å². The molecule has 3 heteroatoms. The van der Waals surface area contributed by atoms with E-state index >= 15 is 0 Å². The monoisotopic (exact) mass is 144 g/mol. The molecule has 0 fully saturated rings. The maximum absolute atomic E-state index is 10.6. The molecule has 0 aliphatic carbocycles. The van der Waals surface area contributed by atoms with Gasteiger partial charge in [0, 0.05) is 7.11 Å². The SMILES string of the molecule is C=C[C@@H](OCOC)C(C)=O. The maximum atomic E-state index is 10.6. The summed E-state index contributed by atoms with van der Waals surface area (Å²) in [6.07, 6.45) is 0.918. The average molecular weight is 144 g/mol. The third-order valence-electron chi connectivity index (χ3n) is 0.980. The molecule has 3 nitrogen and oxygen atoms in total. The Balaban J connectivity index is 3.60. The Hall–Kier alpha value is -0.670. The molecule has 0 amide bonds. The predicted octanol–water partition coefficient (Wildman–Crippen LogP) is 0.750. The number of hydrogen-bond acceptors (Lipinski definition) is 3. The second-order valence-electron chi connectivity index (χ2n) is 1.84. The van der Waals surface area contributed by atoms with Crippen molar-refractivity contribution in [1.82, 2.24) is 0 Å². The molecule has 0 aromatic rings. The van der Waals surface area contributed by atoms with Crippen LogP contribution in [0.3, 0.4) is 0 Å². The lowest BCUT2D eigenvalue weighted by molar-refractivity contribution is -0.132. The van der Waals surface area contributed by atoms with Crippen LogP contribution in [0.15, 0.2) is 12.7 Å². The standard InChI is InChI=1S/C7H12O3/c1-4-7(6(2)8)10-5-9-3/h4,7H,1,5H2,2-3H3/t7-/m1/s1. The van der Waals surface area contributed by atoms with E-state index in [1.54, 1.807) is 0 Å². The van der Waals surface area contributed by atoms with Crippen LogP contribution < -0.4 is 0 Å². The minimum absolute atomic E-state index is 0.0629. The Morgan fingerprint density at radius 2 is 2.40 bits per heavy atom. The summed E-state index contributed by atoms with van der Waals surface area (Å²) in [6.45, 7) is 5.00. The van der Waals surface area contributed by atoms with Gasteiger partial charge in [-0.2, -0.15) is 0 Å². The van der Waals surface area contributed by atoms with Crippen LogP contribution in [-0.2, 0) is 14.3 Å². The van der Waals surface area contributed by atoms with Gasteiger partial charge in [0.05, 0.1) is 0 Å². The van der Waals surface area contributed by atoms with Crippen molar-refractivity contribution in [2.45, 2.75) is 13.0 Å². The molecule has 0 N–H and O–H groups in total. The van der Waals surface area contributed by atoms with Crippen LogP contribution in [0, 0.1) is 0 Å². The summed E-state index contributed by atoms with van der Waals surface area (Å²) in [7, 11) is 1.50. The minimum atomic E-state index is -0.528. The second kappa shape index (κ2) is 5.14. The van der Waals surface area contributed by atoms with Crippen LogP contribution in [0.4, 0.5) is 0 Å². The summed E-state index contributed by atoms with van der Waals surface area (Å²) in [5.74, 6) is -0.0629. The van der Waals surface area contributed by atoms with Crippen LogP contribution in [-0.4, -0.2) is 25.8 Å². The van der Waals surface area contributed by atoms with Gasteiger partial charge >= 0.3 is 0 Å². The Bertz CT molecular complexity index is 120. The first-order valence-corrected chi connectivity index (χ1v) is 2.96. The molecular formula is C7H12O3. The van der Waals surface area contributed by atoms with Gasteiger partial charge in [0.1, 0.15) is 12.9 Å². The van der Waals surface area contributed by atoms with Gasteiger partial charge in [-0.25, -0.2) is 0 Å². The molecule has 0 saturated carbocycles. The smallest absolute Gasteiger partial charge is 0.162 e. The zero-order valence-electron chi connectivity index (χ0n) is 6.29. The van der Waals surface area contributed by atoms with Crippen molar-refractivity contribution in [2.24, 2.45) is 0 Å². The highest BCUT2D eigenvalue weighted by molar-refractivity contribution is 5.82. The fourth-order valence-electron chi connectivity index (χ4n) is 0.493. The molecule has 0 heterocycles. The van der Waals surface area contributed by atoms with Crippen LogP contribution >= 0.6 is 0 Å². The summed E-state index contributed by atoms with van der Waals surface area (Å²) in [5, 5.41) is 0. The largest absolute Gasteiger partial charge is 0.359 e. The van der Waals surface area contributed by atoms with E-state index < -0.39 is 6.10 Å². The summed E-state index contributed by atoms with van der Waals surface area (Å²) in [6, 6.07) is 0. The van der Waals surface area contributed by atoms with Crippen LogP contribution in [0.5, 0.6) is 0 Å². The van der Waals surface area contributed by atoms with E-state index in [2.05, 4.69) is 11.3 Å². The van der Waals surface area contributed by atoms with Gasteiger partial charge in [0.2, 0.25) is 0 Å². The molecular weight excluding hydrogens is 132 g/mol. The van der Waals surface area contributed by atoms with Gasteiger partial charge in [-0.15, -0.1) is 6.58 Å². The number of hydrogen-bond donors (Lipinski definition) is 0. The molecule has 10 heavy (non-hydrogen) atoms. The molecule has 58 valence electrons. The number of methoxy groups -OCH3 is 1. The number of ketones is 1. The first kappa shape index (κ1) is 9.33. The molecule has 0 bridgehead atoms. The first-order chi connectivity index (χ1) is 4.72. The van der Waals surface area contributed by atoms with E-state index in [4.69, 9.17) is 4.74 Å². The fourth-order valence-corrected chi connectivity index (χ4v) is 0.493. The summed E-state index contributed by atoms with van der Waals surface area (Å²) in [4.78, 5) is 10.6. The van der Waals surface area contributed by atoms with E-state index in [-0.39, 0.29) is 12.6 Å². The Kier molecular flexibility index (Phi) is 4.80. The number of Topliss-reactive ketones (excluding diaryl/α,β-unsaturated/α-hetero) is 1. The molecule has 0 radical (unpaired) electrons. The first-order valence-electron chi connectivity index (χ1n) is 2.96. The fraction of sp³-hybridized carbons (Fsp3) is 0.571. The van der Waals surface area contributed by atoms with E-state index in [9.17, 15) is 4.79 Å². The van der Waals surface area contributed by atoms with Crippen molar-refractivity contribution in [2.75, 3.05) is 13.9 Å². The molecule has 0 rings (SSSR count). The quantitative estimate of drug-likeness (QED) is 0.422. The van der Waals surface area contributed by atoms with Crippen molar-refractivity contribution >= 4 is 5.78 Å². The van der Waals surface area contributed by atoms with E-state index in [0.29, 0.717) is 0 Å². The normalized spacial score (nSPS) is 12.6. The maximum Gasteiger partial charge on any atom is 0.162 e. The molecule has 0 aliphatic heterocycles. The summed E-state index contributed by atoms with van der Waals surface area (Å²) in [5.41, 5.74) is 0. The number of ether oxygens (including phenoxy) is 2. The lowest BCUT2D eigenvalue weighted by atomic mass is 10.2. The second-order valence-corrected chi connectivity index (χ2v) is 1.84. The number of carbonyl (C=O) groups excluding carboxylic acids is 1. The molecule has 0 unspecified atom stereocenters. The third kappa shape index (κ3) is 3.37. The van der Waals surface area contributed by atoms with Gasteiger partial charge in [0.25, 0.3) is 0 Å². The van der Waals surface area contributed by atoms with Crippen LogP contribution in [0.1, 0.15) is 6.92 Å². The van der Waals surface area contributed by atoms with Gasteiger partial charge in [-0.05, 0) is 6.92 Å². The minimum Gasteiger partial charge on any atom is -0.359 e. The number of carbonyl (C=O) groups is 1. The third-order valence-corrected chi connectivity index (χ3v) is 0.980. The van der Waals surface area contributed by atoms with E-state index in [0.717, 1.165) is 0 Å². The zero-order chi connectivity index (χ0) is 7.98. The highest BCUT2D eigenvalue weighted by Crippen LogP contribution is 1.94. The Labute approximate surface area is 60.6 Å². The van der Waals surface area contributed by atoms with Gasteiger partial charge < -0.3 is 9.47 Å². The van der Waals surface area contributed by atoms with Crippen molar-refractivity contribution in [3.05, 3.63) is 12.7 Å². The predicted molar refractivity (Wildman–Crippen MR) is 37.6 cm³/mol. The average Bonchev–Trinajstić information content (AvgIpc) is 1.89. The lowest BCUT2D eigenvalue weighted by Gasteiger charge is -2.08. The molecule has 0 aromatic carbocycles. The van der Waals surface area contributed by atoms with E-state index in [1.165, 1.54) is 20.1 Å². The van der Waals surface area contributed by atoms with Gasteiger partial charge in [0.15, 0.2) is 5.78 Å². The van der Waals surface area contributed by atoms with Gasteiger partial charge in [-0.3, -0.25) is 4.79 Å². The molecule has 1 atom stereocenters. The summed E-state index contributed by atoms with van der Waals surface area (Å²) < 4.78 is 9.51. The molecule has 0 saturated heterocycles. The molecule has 0 aliphatic rings. The molecule has 0 spiro atoms. The van der Waals surface area contributed by atoms with E-state index in [1.807, 2.05) is 0 Å². The summed E-state index contributed by atoms with van der Waals surface area (Å²) >= 11 is 0. The van der Waals surface area contributed by atoms with Crippen LogP contribution in [0.25, 0.3) is 0 Å². The molecule has 0 aromatic heterocycles. The lowest BCUT2D eigenvalue weighted by Crippen LogP contribution is -2.19. The topological polar surface area (TPSA) is 35.5 Å². The zero-order valence-corrected chi connectivity index (χ0v) is 6.29. The van der Waals surface area contributed by atoms with Gasteiger partial charge in [-0.1, -0.05) is 6.08 Å². The van der Waals surface area contributed by atoms with Crippen molar-refractivity contribution < 1.29 is 14.3 Å².